The summed E-state index contributed by atoms with van der Waals surface area (Å²) in [6.07, 6.45) is -4.49. The first-order valence-corrected chi connectivity index (χ1v) is 8.41. The Labute approximate surface area is 137 Å². The van der Waals surface area contributed by atoms with Gasteiger partial charge in [-0.2, -0.15) is 13.2 Å². The van der Waals surface area contributed by atoms with Crippen molar-refractivity contribution >= 4 is 21.6 Å². The Morgan fingerprint density at radius 3 is 2.35 bits per heavy atom. The summed E-state index contributed by atoms with van der Waals surface area (Å²) in [7, 11) is -3.95. The van der Waals surface area contributed by atoms with Gasteiger partial charge in [0.15, 0.2) is 0 Å². The van der Waals surface area contributed by atoms with Gasteiger partial charge in [0.05, 0.1) is 10.6 Å². The minimum atomic E-state index is -4.49. The van der Waals surface area contributed by atoms with Gasteiger partial charge in [0.2, 0.25) is 10.0 Å². The van der Waals surface area contributed by atoms with Gasteiger partial charge in [0.25, 0.3) is 0 Å². The molecule has 1 atom stereocenters. The molecule has 0 heterocycles. The zero-order chi connectivity index (χ0) is 17.3. The lowest BCUT2D eigenvalue weighted by molar-refractivity contribution is -0.137. The van der Waals surface area contributed by atoms with Crippen molar-refractivity contribution < 1.29 is 21.6 Å². The van der Waals surface area contributed by atoms with Gasteiger partial charge in [-0.25, -0.2) is 13.1 Å². The molecule has 124 valence electrons. The second-order valence-electron chi connectivity index (χ2n) is 4.90. The second kappa shape index (κ2) is 6.51. The molecule has 0 aliphatic rings. The number of nitrogens with one attached hydrogen (secondary N) is 1. The van der Waals surface area contributed by atoms with Crippen molar-refractivity contribution in [3.05, 3.63) is 64.7 Å². The van der Waals surface area contributed by atoms with Crippen LogP contribution in [0.15, 0.2) is 53.4 Å². The highest BCUT2D eigenvalue weighted by molar-refractivity contribution is 7.89. The molecule has 0 aliphatic carbocycles. The van der Waals surface area contributed by atoms with Crippen LogP contribution in [0.25, 0.3) is 0 Å². The molecule has 0 radical (unpaired) electrons. The van der Waals surface area contributed by atoms with Crippen LogP contribution in [0.2, 0.25) is 5.02 Å². The smallest absolute Gasteiger partial charge is 0.207 e. The maximum atomic E-state index is 12.7. The van der Waals surface area contributed by atoms with Crippen LogP contribution in [-0.4, -0.2) is 8.42 Å². The van der Waals surface area contributed by atoms with E-state index in [1.807, 2.05) is 0 Å². The summed E-state index contributed by atoms with van der Waals surface area (Å²) in [4.78, 5) is -0.125. The monoisotopic (exact) mass is 363 g/mol. The maximum Gasteiger partial charge on any atom is 0.416 e. The van der Waals surface area contributed by atoms with Gasteiger partial charge in [-0.15, -0.1) is 0 Å². The summed E-state index contributed by atoms with van der Waals surface area (Å²) in [5.74, 6) is 0. The Hall–Kier alpha value is -1.57. The van der Waals surface area contributed by atoms with Crippen molar-refractivity contribution in [2.75, 3.05) is 0 Å². The van der Waals surface area contributed by atoms with Crippen LogP contribution >= 0.6 is 11.6 Å². The topological polar surface area (TPSA) is 46.2 Å². The van der Waals surface area contributed by atoms with Crippen LogP contribution in [0.4, 0.5) is 13.2 Å². The molecule has 0 amide bonds. The van der Waals surface area contributed by atoms with Crippen LogP contribution in [0.5, 0.6) is 0 Å². The number of alkyl halides is 3. The molecule has 2 aromatic rings. The summed E-state index contributed by atoms with van der Waals surface area (Å²) in [6.45, 7) is 1.46. The van der Waals surface area contributed by atoms with Gasteiger partial charge in [-0.05, 0) is 36.8 Å². The number of hydrogen-bond donors (Lipinski definition) is 1. The fraction of sp³-hybridized carbons (Fsp3) is 0.200. The fourth-order valence-electron chi connectivity index (χ4n) is 2.01. The van der Waals surface area contributed by atoms with Gasteiger partial charge >= 0.3 is 6.18 Å². The molecule has 2 aromatic carbocycles. The number of benzene rings is 2. The summed E-state index contributed by atoms with van der Waals surface area (Å²) in [5.41, 5.74) is -0.630. The SMILES string of the molecule is C[C@@H](NS(=O)(=O)c1ccccc1Cl)c1cccc(C(F)(F)F)c1. The summed E-state index contributed by atoms with van der Waals surface area (Å²) in [6, 6.07) is 9.49. The average Bonchev–Trinajstić information content (AvgIpc) is 2.46. The summed E-state index contributed by atoms with van der Waals surface area (Å²) < 4.78 is 65.1. The quantitative estimate of drug-likeness (QED) is 0.875. The lowest BCUT2D eigenvalue weighted by Gasteiger charge is -2.17. The first kappa shape index (κ1) is 17.8. The van der Waals surface area contributed by atoms with Gasteiger partial charge in [0.1, 0.15) is 4.90 Å². The molecule has 0 spiro atoms. The van der Waals surface area contributed by atoms with E-state index in [1.165, 1.54) is 37.3 Å². The molecule has 0 bridgehead atoms. The lowest BCUT2D eigenvalue weighted by Crippen LogP contribution is -2.27. The van der Waals surface area contributed by atoms with E-state index in [1.54, 1.807) is 6.07 Å². The van der Waals surface area contributed by atoms with Gasteiger partial charge in [-0.3, -0.25) is 0 Å². The zero-order valence-corrected chi connectivity index (χ0v) is 13.5. The molecular weight excluding hydrogens is 351 g/mol. The second-order valence-corrected chi connectivity index (χ2v) is 6.99. The Kier molecular flexibility index (Phi) is 5.03. The van der Waals surface area contributed by atoms with Crippen molar-refractivity contribution in [2.24, 2.45) is 0 Å². The predicted octanol–water partition coefficient (Wildman–Crippen LogP) is 4.40. The molecule has 0 unspecified atom stereocenters. The molecule has 0 aliphatic heterocycles. The first-order chi connectivity index (χ1) is 10.6. The molecule has 3 nitrogen and oxygen atoms in total. The largest absolute Gasteiger partial charge is 0.416 e. The van der Waals surface area contributed by atoms with Crippen molar-refractivity contribution in [2.45, 2.75) is 24.0 Å². The van der Waals surface area contributed by atoms with Crippen LogP contribution in [0.3, 0.4) is 0 Å². The molecule has 2 rings (SSSR count). The Morgan fingerprint density at radius 1 is 1.09 bits per heavy atom. The van der Waals surface area contributed by atoms with E-state index in [2.05, 4.69) is 4.72 Å². The van der Waals surface area contributed by atoms with Crippen molar-refractivity contribution in [1.29, 1.82) is 0 Å². The summed E-state index contributed by atoms with van der Waals surface area (Å²) in [5, 5.41) is 0.0382. The fourth-order valence-corrected chi connectivity index (χ4v) is 3.76. The van der Waals surface area contributed by atoms with Gasteiger partial charge < -0.3 is 0 Å². The molecule has 1 N–H and O–H groups in total. The first-order valence-electron chi connectivity index (χ1n) is 6.55. The minimum Gasteiger partial charge on any atom is -0.207 e. The zero-order valence-electron chi connectivity index (χ0n) is 11.9. The highest BCUT2D eigenvalue weighted by Crippen LogP contribution is 2.31. The Morgan fingerprint density at radius 2 is 1.74 bits per heavy atom. The third-order valence-corrected chi connectivity index (χ3v) is 5.21. The highest BCUT2D eigenvalue weighted by atomic mass is 35.5. The third kappa shape index (κ3) is 4.25. The highest BCUT2D eigenvalue weighted by Gasteiger charge is 2.31. The van der Waals surface area contributed by atoms with Crippen LogP contribution in [0, 0.1) is 0 Å². The van der Waals surface area contributed by atoms with E-state index in [0.29, 0.717) is 0 Å². The number of rotatable bonds is 4. The number of sulfonamides is 1. The van der Waals surface area contributed by atoms with Crippen LogP contribution < -0.4 is 4.72 Å². The van der Waals surface area contributed by atoms with Crippen molar-refractivity contribution in [3.8, 4) is 0 Å². The van der Waals surface area contributed by atoms with Gasteiger partial charge in [0, 0.05) is 6.04 Å². The summed E-state index contributed by atoms with van der Waals surface area (Å²) >= 11 is 5.86. The number of halogens is 4. The minimum absolute atomic E-state index is 0.0382. The van der Waals surface area contributed by atoms with Crippen molar-refractivity contribution in [3.63, 3.8) is 0 Å². The van der Waals surface area contributed by atoms with E-state index in [4.69, 9.17) is 11.6 Å². The molecule has 0 fully saturated rings. The molecule has 0 aromatic heterocycles. The normalized spacial score (nSPS) is 13.8. The van der Waals surface area contributed by atoms with E-state index < -0.39 is 27.8 Å². The molecule has 23 heavy (non-hydrogen) atoms. The Balaban J connectivity index is 2.29. The van der Waals surface area contributed by atoms with E-state index in [9.17, 15) is 21.6 Å². The van der Waals surface area contributed by atoms with Crippen LogP contribution in [0.1, 0.15) is 24.1 Å². The average molecular weight is 364 g/mol. The lowest BCUT2D eigenvalue weighted by atomic mass is 10.1. The standard InChI is InChI=1S/C15H13ClF3NO2S/c1-10(11-5-4-6-12(9-11)15(17,18)19)20-23(21,22)14-8-3-2-7-13(14)16/h2-10,20H,1H3/t10-/m1/s1. The molecule has 0 saturated heterocycles. The predicted molar refractivity (Wildman–Crippen MR) is 81.6 cm³/mol. The maximum absolute atomic E-state index is 12.7. The van der Waals surface area contributed by atoms with E-state index in [-0.39, 0.29) is 15.5 Å². The molecule has 0 saturated carbocycles. The molecule has 8 heteroatoms. The van der Waals surface area contributed by atoms with Crippen molar-refractivity contribution in [1.82, 2.24) is 4.72 Å². The Bertz CT molecular complexity index is 806. The number of hydrogen-bond acceptors (Lipinski definition) is 2. The van der Waals surface area contributed by atoms with Gasteiger partial charge in [-0.1, -0.05) is 35.9 Å². The molecular formula is C15H13ClF3NO2S. The van der Waals surface area contributed by atoms with Crippen LogP contribution in [-0.2, 0) is 16.2 Å². The van der Waals surface area contributed by atoms with E-state index in [0.717, 1.165) is 12.1 Å². The van der Waals surface area contributed by atoms with E-state index >= 15 is 0 Å². The third-order valence-electron chi connectivity index (χ3n) is 3.17.